The van der Waals surface area contributed by atoms with Gasteiger partial charge in [0.1, 0.15) is 6.04 Å². The largest absolute Gasteiger partial charge is 0.491 e. The average molecular weight is 687 g/mol. The van der Waals surface area contributed by atoms with Gasteiger partial charge in [-0.2, -0.15) is 0 Å². The molecule has 5 aliphatic rings. The number of hydroxylamine groups is 2. The van der Waals surface area contributed by atoms with Crippen LogP contribution in [0.5, 0.6) is 0 Å². The second-order valence-corrected chi connectivity index (χ2v) is 13.3. The lowest BCUT2D eigenvalue weighted by molar-refractivity contribution is -0.198. The third kappa shape index (κ3) is 6.64. The van der Waals surface area contributed by atoms with E-state index in [1.807, 2.05) is 0 Å². The van der Waals surface area contributed by atoms with Crippen LogP contribution in [0, 0.1) is 0 Å². The molecule has 0 unspecified atom stereocenters. The third-order valence-corrected chi connectivity index (χ3v) is 9.96. The molecular weight excluding hydrogens is 652 g/mol. The summed E-state index contributed by atoms with van der Waals surface area (Å²) in [4.78, 5) is 85.2. The highest BCUT2D eigenvalue weighted by molar-refractivity contribution is 6.62. The van der Waals surface area contributed by atoms with Gasteiger partial charge >= 0.3 is 20.2 Å². The fourth-order valence-corrected chi connectivity index (χ4v) is 7.22. The van der Waals surface area contributed by atoms with E-state index < -0.39 is 67.4 Å². The zero-order valence-corrected chi connectivity index (χ0v) is 27.0. The maximum Gasteiger partial charge on any atom is 0.491 e. The van der Waals surface area contributed by atoms with E-state index in [0.29, 0.717) is 41.9 Å². The lowest BCUT2D eigenvalue weighted by Gasteiger charge is -2.39. The lowest BCUT2D eigenvalue weighted by atomic mass is 9.78. The molecule has 3 saturated heterocycles. The Morgan fingerprint density at radius 3 is 2.16 bits per heavy atom. The molecule has 2 aromatic rings. The molecule has 2 atom stereocenters. The van der Waals surface area contributed by atoms with Gasteiger partial charge in [-0.15, -0.1) is 5.06 Å². The zero-order valence-electron chi connectivity index (χ0n) is 27.0. The highest BCUT2D eigenvalue weighted by atomic mass is 16.7. The molecule has 50 heavy (non-hydrogen) atoms. The predicted molar refractivity (Wildman–Crippen MR) is 173 cm³/mol. The van der Waals surface area contributed by atoms with Crippen molar-refractivity contribution in [2.24, 2.45) is 0 Å². The number of rotatable bonds is 8. The maximum atomic E-state index is 14.2. The van der Waals surface area contributed by atoms with Gasteiger partial charge in [-0.25, -0.2) is 4.79 Å². The summed E-state index contributed by atoms with van der Waals surface area (Å²) in [7, 11) is -2.33. The first-order valence-corrected chi connectivity index (χ1v) is 16.6. The molecule has 5 amide bonds. The van der Waals surface area contributed by atoms with Gasteiger partial charge in [0.2, 0.25) is 5.91 Å². The maximum absolute atomic E-state index is 14.2. The van der Waals surface area contributed by atoms with Crippen LogP contribution in [0.3, 0.4) is 0 Å². The Hall–Kier alpha value is -4.61. The monoisotopic (exact) mass is 687 g/mol. The molecule has 0 radical (unpaired) electrons. The number of amides is 5. The zero-order chi connectivity index (χ0) is 35.2. The Morgan fingerprint density at radius 1 is 0.920 bits per heavy atom. The van der Waals surface area contributed by atoms with Crippen LogP contribution in [-0.4, -0.2) is 107 Å². The minimum Gasteiger partial charge on any atom is -0.423 e. The van der Waals surface area contributed by atoms with Crippen LogP contribution in [0.1, 0.15) is 70.4 Å². The van der Waals surface area contributed by atoms with Crippen LogP contribution in [0.4, 0.5) is 0 Å². The molecule has 2 aromatic carbocycles. The summed E-state index contributed by atoms with van der Waals surface area (Å²) in [5.41, 5.74) is 1.82. The van der Waals surface area contributed by atoms with Crippen molar-refractivity contribution in [3.63, 3.8) is 0 Å². The summed E-state index contributed by atoms with van der Waals surface area (Å²) >= 11 is 0. The Labute approximate surface area is 287 Å². The molecule has 16 nitrogen and oxygen atoms in total. The van der Waals surface area contributed by atoms with Crippen molar-refractivity contribution in [3.05, 3.63) is 58.7 Å². The second-order valence-electron chi connectivity index (χ2n) is 13.3. The quantitative estimate of drug-likeness (QED) is 0.143. The number of benzene rings is 2. The van der Waals surface area contributed by atoms with Gasteiger partial charge in [0, 0.05) is 36.6 Å². The summed E-state index contributed by atoms with van der Waals surface area (Å²) in [6, 6.07) is 7.94. The molecule has 7 rings (SSSR count). The van der Waals surface area contributed by atoms with E-state index in [9.17, 15) is 38.8 Å². The number of carbonyl (C=O) groups excluding carboxylic acids is 6. The fourth-order valence-electron chi connectivity index (χ4n) is 7.22. The van der Waals surface area contributed by atoms with Crippen molar-refractivity contribution >= 4 is 60.7 Å². The third-order valence-electron chi connectivity index (χ3n) is 9.96. The molecule has 3 fully saturated rings. The molecule has 0 spiro atoms. The number of hydrogen-bond donors (Lipinski definition) is 5. The van der Waals surface area contributed by atoms with E-state index in [-0.39, 0.29) is 56.6 Å². The Bertz CT molecular complexity index is 1750. The van der Waals surface area contributed by atoms with Gasteiger partial charge in [-0.1, -0.05) is 12.1 Å². The van der Waals surface area contributed by atoms with Gasteiger partial charge < -0.3 is 45.0 Å². The predicted octanol–water partition coefficient (Wildman–Crippen LogP) is -2.63. The van der Waals surface area contributed by atoms with Crippen LogP contribution >= 0.6 is 0 Å². The molecule has 0 aliphatic carbocycles. The van der Waals surface area contributed by atoms with Crippen molar-refractivity contribution in [2.45, 2.75) is 69.4 Å². The number of piperidine rings is 1. The van der Waals surface area contributed by atoms with Crippen molar-refractivity contribution in [2.75, 3.05) is 19.6 Å². The molecular formula is C32H35B2N5O11. The topological polar surface area (TPSA) is 213 Å². The number of nitrogens with zero attached hydrogens (tertiary/aromatic N) is 2. The first-order valence-electron chi connectivity index (χ1n) is 16.6. The van der Waals surface area contributed by atoms with E-state index >= 15 is 0 Å². The number of carbonyl (C=O) groups is 6. The minimum absolute atomic E-state index is 0.0226. The molecule has 5 N–H and O–H groups in total. The Morgan fingerprint density at radius 2 is 1.52 bits per heavy atom. The van der Waals surface area contributed by atoms with Crippen molar-refractivity contribution in [1.82, 2.24) is 25.9 Å². The van der Waals surface area contributed by atoms with Crippen LogP contribution in [0.25, 0.3) is 0 Å². The minimum atomic E-state index is -1.19. The van der Waals surface area contributed by atoms with E-state index in [4.69, 9.17) is 14.1 Å². The number of nitrogens with one attached hydrogen (secondary N) is 3. The molecule has 18 heteroatoms. The normalized spacial score (nSPS) is 22.4. The van der Waals surface area contributed by atoms with Gasteiger partial charge in [0.25, 0.3) is 23.6 Å². The SMILES string of the molecule is O=C(CC1(NC(=O)[C@@H]2C[C@@H](NC(=O)c3ccc4c(c3)B(O)OC4)CN2C(=O)c2ccc3c(c2)B(O)OC3)CCNCC1)ON1C(=O)CCC1=O. The number of hydrogen-bond acceptors (Lipinski definition) is 12. The Kier molecular flexibility index (Phi) is 9.21. The van der Waals surface area contributed by atoms with Gasteiger partial charge in [0.15, 0.2) is 0 Å². The van der Waals surface area contributed by atoms with Crippen LogP contribution in [-0.2, 0) is 46.5 Å². The van der Waals surface area contributed by atoms with Crippen molar-refractivity contribution in [1.29, 1.82) is 0 Å². The first-order chi connectivity index (χ1) is 24.0. The lowest BCUT2D eigenvalue weighted by Crippen LogP contribution is -2.59. The van der Waals surface area contributed by atoms with Gasteiger partial charge in [-0.3, -0.25) is 24.0 Å². The molecule has 0 saturated carbocycles. The van der Waals surface area contributed by atoms with E-state index in [1.54, 1.807) is 30.3 Å². The summed E-state index contributed by atoms with van der Waals surface area (Å²) < 4.78 is 10.5. The number of likely N-dealkylation sites (tertiary alicyclic amines) is 1. The smallest absolute Gasteiger partial charge is 0.423 e. The molecule has 260 valence electrons. The molecule has 5 aliphatic heterocycles. The summed E-state index contributed by atoms with van der Waals surface area (Å²) in [5, 5.41) is 29.9. The van der Waals surface area contributed by atoms with Gasteiger partial charge in [-0.05, 0) is 78.7 Å². The average Bonchev–Trinajstić information content (AvgIpc) is 3.88. The molecule has 5 heterocycles. The fraction of sp³-hybridized carbons (Fsp3) is 0.438. The summed E-state index contributed by atoms with van der Waals surface area (Å²) in [6.45, 7) is 1.32. The molecule has 0 bridgehead atoms. The van der Waals surface area contributed by atoms with E-state index in [2.05, 4.69) is 16.0 Å². The Balaban J connectivity index is 1.11. The number of fused-ring (bicyclic) bond motifs is 2. The summed E-state index contributed by atoms with van der Waals surface area (Å²) in [6.07, 6.45) is 0.266. The molecule has 0 aromatic heterocycles. The van der Waals surface area contributed by atoms with Gasteiger partial charge in [0.05, 0.1) is 25.2 Å². The standard InChI is InChI=1S/C32H35B2N5O11/c40-26-5-6-27(41)39(26)50-28(42)14-32(7-9-35-10-8-32)37-30(44)25-13-22(36-29(43)18-1-3-20-16-48-33(46)23(20)11-18)15-38(25)31(45)19-2-4-21-17-49-34(47)24(21)12-19/h1-4,11-12,22,25,35,46-47H,5-10,13-17H2,(H,36,43)(H,37,44)/t22-,25+/m1/s1. The summed E-state index contributed by atoms with van der Waals surface area (Å²) in [5.74, 6) is -3.62. The highest BCUT2D eigenvalue weighted by Crippen LogP contribution is 2.28. The van der Waals surface area contributed by atoms with Crippen LogP contribution in [0.2, 0.25) is 0 Å². The number of imide groups is 1. The van der Waals surface area contributed by atoms with E-state index in [1.165, 1.54) is 11.0 Å². The van der Waals surface area contributed by atoms with E-state index in [0.717, 1.165) is 11.1 Å². The van der Waals surface area contributed by atoms with Crippen molar-refractivity contribution in [3.8, 4) is 0 Å². The first kappa shape index (κ1) is 33.9. The second kappa shape index (κ2) is 13.6. The van der Waals surface area contributed by atoms with Crippen LogP contribution < -0.4 is 26.9 Å². The van der Waals surface area contributed by atoms with Crippen molar-refractivity contribution < 1.29 is 53.0 Å². The van der Waals surface area contributed by atoms with Crippen LogP contribution in [0.15, 0.2) is 36.4 Å². The highest BCUT2D eigenvalue weighted by Gasteiger charge is 2.45.